The molecule has 5 aromatic carbocycles. The van der Waals surface area contributed by atoms with Crippen molar-refractivity contribution >= 4 is 58.1 Å². The molecule has 1 aromatic heterocycles. The molecule has 0 unspecified atom stereocenters. The van der Waals surface area contributed by atoms with Gasteiger partial charge in [-0.15, -0.1) is 0 Å². The van der Waals surface area contributed by atoms with Crippen LogP contribution in [0.25, 0.3) is 10.9 Å². The van der Waals surface area contributed by atoms with Crippen LogP contribution in [-0.4, -0.2) is 103 Å². The first-order valence-electron chi connectivity index (χ1n) is 26.1. The Kier molecular flexibility index (Phi) is 19.0. The number of aromatic nitrogens is 1. The summed E-state index contributed by atoms with van der Waals surface area (Å²) in [4.78, 5) is 106. The number of para-hydroxylation sites is 2. The number of carbonyl (C=O) groups excluding carboxylic acids is 7. The highest BCUT2D eigenvalue weighted by atomic mass is 16.6. The van der Waals surface area contributed by atoms with Gasteiger partial charge in [-0.2, -0.15) is 0 Å². The summed E-state index contributed by atoms with van der Waals surface area (Å²) in [6.45, 7) is 0.610. The Morgan fingerprint density at radius 1 is 0.662 bits per heavy atom. The zero-order valence-electron chi connectivity index (χ0n) is 42.7. The number of nitrogens with zero attached hydrogens (tertiary/aromatic N) is 1. The highest BCUT2D eigenvalue weighted by molar-refractivity contribution is 6.07. The van der Waals surface area contributed by atoms with Crippen LogP contribution in [0.3, 0.4) is 0 Å². The molecule has 7 amide bonds. The lowest BCUT2D eigenvalue weighted by Crippen LogP contribution is -2.60. The van der Waals surface area contributed by atoms with Crippen LogP contribution < -0.4 is 53.0 Å². The zero-order chi connectivity index (χ0) is 54.1. The van der Waals surface area contributed by atoms with Gasteiger partial charge in [0.25, 0.3) is 5.91 Å². The van der Waals surface area contributed by atoms with E-state index in [-0.39, 0.29) is 58.2 Å². The van der Waals surface area contributed by atoms with Crippen LogP contribution in [-0.2, 0) is 59.4 Å². The molecule has 19 nitrogen and oxygen atoms in total. The second kappa shape index (κ2) is 26.8. The van der Waals surface area contributed by atoms with Crippen molar-refractivity contribution < 1.29 is 43.0 Å². The second-order valence-electron chi connectivity index (χ2n) is 19.1. The molecule has 402 valence electrons. The molecule has 2 aliphatic rings. The van der Waals surface area contributed by atoms with Gasteiger partial charge in [-0.3, -0.25) is 33.7 Å². The van der Waals surface area contributed by atoms with Crippen LogP contribution in [0.15, 0.2) is 140 Å². The van der Waals surface area contributed by atoms with E-state index in [0.717, 1.165) is 16.5 Å². The summed E-state index contributed by atoms with van der Waals surface area (Å²) in [7, 11) is 0. The number of hydrogen-bond donors (Lipinski definition) is 9. The van der Waals surface area contributed by atoms with Gasteiger partial charge < -0.3 is 57.8 Å². The number of amides is 7. The van der Waals surface area contributed by atoms with E-state index in [1.165, 1.54) is 4.90 Å². The average Bonchev–Trinajstić information content (AvgIpc) is 4.06. The number of aromatic amines is 1. The predicted molar refractivity (Wildman–Crippen MR) is 290 cm³/mol. The molecule has 3 heterocycles. The van der Waals surface area contributed by atoms with Crippen molar-refractivity contribution in [1.82, 2.24) is 36.9 Å². The SMILES string of the molecule is NCCCC[C@@H]1NC(=O)[C@@H](Cc2c[nH]c3ccccc23)NC(=O)[C@H](c2ccccc2)NC(=O)CC[C@@H](OC(=O)NCCN)CNC(=O)[C@@H]2Cc3ccccc3N2C(=O)[C@H](Cc2ccc(OCc3ccccc3)cc2)NC1=O. The van der Waals surface area contributed by atoms with Gasteiger partial charge in [-0.05, 0) is 84.3 Å². The Bertz CT molecular complexity index is 2990. The van der Waals surface area contributed by atoms with E-state index >= 15 is 4.79 Å². The molecule has 2 aliphatic heterocycles. The van der Waals surface area contributed by atoms with E-state index in [4.69, 9.17) is 20.9 Å². The minimum Gasteiger partial charge on any atom is -0.489 e. The van der Waals surface area contributed by atoms with Crippen LogP contribution >= 0.6 is 0 Å². The number of alkyl carbamates (subject to hydrolysis) is 1. The monoisotopic (exact) mass is 1050 g/mol. The number of benzene rings is 5. The highest BCUT2D eigenvalue weighted by Crippen LogP contribution is 2.33. The Balaban J connectivity index is 1.17. The summed E-state index contributed by atoms with van der Waals surface area (Å²) < 4.78 is 11.8. The fourth-order valence-electron chi connectivity index (χ4n) is 9.60. The molecule has 0 radical (unpaired) electrons. The van der Waals surface area contributed by atoms with Crippen molar-refractivity contribution in [3.05, 3.63) is 167 Å². The van der Waals surface area contributed by atoms with Crippen molar-refractivity contribution in [2.75, 3.05) is 31.1 Å². The van der Waals surface area contributed by atoms with E-state index in [1.807, 2.05) is 60.7 Å². The van der Waals surface area contributed by atoms with Crippen LogP contribution in [0.2, 0.25) is 0 Å². The largest absolute Gasteiger partial charge is 0.489 e. The molecule has 0 saturated carbocycles. The summed E-state index contributed by atoms with van der Waals surface area (Å²) in [5.74, 6) is -3.31. The second-order valence-corrected chi connectivity index (χ2v) is 19.1. The van der Waals surface area contributed by atoms with Gasteiger partial charge in [0.1, 0.15) is 48.7 Å². The topological polar surface area (TPSA) is 281 Å². The predicted octanol–water partition coefficient (Wildman–Crippen LogP) is 3.89. The van der Waals surface area contributed by atoms with Crippen LogP contribution in [0.5, 0.6) is 5.75 Å². The number of anilines is 1. The smallest absolute Gasteiger partial charge is 0.407 e. The van der Waals surface area contributed by atoms with Gasteiger partial charge in [0.2, 0.25) is 29.5 Å². The first-order valence-corrected chi connectivity index (χ1v) is 26.1. The fraction of sp³-hybridized carbons (Fsp3) is 0.328. The van der Waals surface area contributed by atoms with Crippen molar-refractivity contribution in [2.24, 2.45) is 11.5 Å². The summed E-state index contributed by atoms with van der Waals surface area (Å²) in [6, 6.07) is 33.7. The molecule has 6 atom stereocenters. The van der Waals surface area contributed by atoms with Crippen molar-refractivity contribution in [2.45, 2.75) is 94.3 Å². The van der Waals surface area contributed by atoms with Gasteiger partial charge >= 0.3 is 6.09 Å². The number of carbonyl (C=O) groups is 7. The lowest BCUT2D eigenvalue weighted by atomic mass is 10.0. The van der Waals surface area contributed by atoms with E-state index in [9.17, 15) is 28.8 Å². The maximum atomic E-state index is 15.4. The molecule has 0 spiro atoms. The number of hydrogen-bond acceptors (Lipinski definition) is 11. The first kappa shape index (κ1) is 54.7. The van der Waals surface area contributed by atoms with Crippen molar-refractivity contribution in [3.8, 4) is 5.75 Å². The van der Waals surface area contributed by atoms with Gasteiger partial charge in [0.15, 0.2) is 0 Å². The standard InChI is InChI=1S/C58H66N10O9/c59-28-12-11-20-46-53(70)66-48(31-37-22-24-42(25-23-37)76-36-38-13-3-1-4-14-38)57(74)68-49-21-10-7-17-40(49)33-50(68)55(72)63-35-43(77-58(75)61-30-29-60)26-27-51(69)67-52(39-15-5-2-6-16-39)56(73)65-47(54(71)64-46)32-41-34-62-45-19-9-8-18-44(41)45/h1-10,13-19,21-25,34,43,46-48,50,52,62H,11-12,20,26-33,35-36,59-60H2,(H,61,75)(H,63,72)(H,64,71)(H,65,73)(H,66,70)(H,67,69)/t43-,46+,47-,48+,50+,52+/m1/s1. The minimum atomic E-state index is -1.31. The lowest BCUT2D eigenvalue weighted by Gasteiger charge is -2.31. The number of H-pyrrole nitrogens is 1. The van der Waals surface area contributed by atoms with Crippen LogP contribution in [0, 0.1) is 0 Å². The fourth-order valence-corrected chi connectivity index (χ4v) is 9.60. The third-order valence-corrected chi connectivity index (χ3v) is 13.6. The number of fused-ring (bicyclic) bond motifs is 4. The Morgan fingerprint density at radius 2 is 1.35 bits per heavy atom. The summed E-state index contributed by atoms with van der Waals surface area (Å²) in [5.41, 5.74) is 16.3. The van der Waals surface area contributed by atoms with E-state index < -0.39 is 77.8 Å². The quantitative estimate of drug-likeness (QED) is 0.0666. The van der Waals surface area contributed by atoms with Crippen LogP contribution in [0.4, 0.5) is 10.5 Å². The molecule has 6 aromatic rings. The molecule has 1 fully saturated rings. The van der Waals surface area contributed by atoms with E-state index in [1.54, 1.807) is 79.0 Å². The molecule has 11 N–H and O–H groups in total. The van der Waals surface area contributed by atoms with E-state index in [0.29, 0.717) is 59.7 Å². The number of ether oxygens (including phenoxy) is 2. The number of unbranched alkanes of at least 4 members (excludes halogenated alkanes) is 1. The molecule has 8 rings (SSSR count). The maximum absolute atomic E-state index is 15.4. The first-order chi connectivity index (χ1) is 37.5. The number of nitrogens with one attached hydrogen (secondary N) is 7. The molecule has 0 bridgehead atoms. The summed E-state index contributed by atoms with van der Waals surface area (Å²) in [6.07, 6.45) is 0.596. The molecule has 19 heteroatoms. The number of nitrogens with two attached hydrogens (primary N) is 2. The van der Waals surface area contributed by atoms with E-state index in [2.05, 4.69) is 36.9 Å². The van der Waals surface area contributed by atoms with Crippen LogP contribution in [0.1, 0.15) is 66.0 Å². The third kappa shape index (κ3) is 14.6. The Labute approximate surface area is 446 Å². The minimum absolute atomic E-state index is 0.0254. The summed E-state index contributed by atoms with van der Waals surface area (Å²) >= 11 is 0. The van der Waals surface area contributed by atoms with Crippen molar-refractivity contribution in [1.29, 1.82) is 0 Å². The van der Waals surface area contributed by atoms with Gasteiger partial charge in [-0.25, -0.2) is 4.79 Å². The molecule has 0 aliphatic carbocycles. The zero-order valence-corrected chi connectivity index (χ0v) is 42.7. The van der Waals surface area contributed by atoms with Crippen molar-refractivity contribution in [3.63, 3.8) is 0 Å². The average molecular weight is 1050 g/mol. The normalized spacial score (nSPS) is 20.8. The molecular formula is C58H66N10O9. The maximum Gasteiger partial charge on any atom is 0.407 e. The van der Waals surface area contributed by atoms with Gasteiger partial charge in [0, 0.05) is 61.6 Å². The number of rotatable bonds is 15. The molecule has 1 saturated heterocycles. The summed E-state index contributed by atoms with van der Waals surface area (Å²) in [5, 5.41) is 17.8. The Hall–Kier alpha value is -8.55. The molecular weight excluding hydrogens is 981 g/mol. The van der Waals surface area contributed by atoms with Gasteiger partial charge in [0.05, 0.1) is 6.54 Å². The third-order valence-electron chi connectivity index (χ3n) is 13.6. The highest BCUT2D eigenvalue weighted by Gasteiger charge is 2.42. The molecule has 77 heavy (non-hydrogen) atoms. The van der Waals surface area contributed by atoms with Gasteiger partial charge in [-0.1, -0.05) is 109 Å². The Morgan fingerprint density at radius 3 is 2.12 bits per heavy atom. The lowest BCUT2D eigenvalue weighted by molar-refractivity contribution is -0.134.